The molecule has 2 rings (SSSR count). The number of aliphatic imine (C=N–C) groups is 1. The normalized spacial score (nSPS) is 20.6. The summed E-state index contributed by atoms with van der Waals surface area (Å²) in [6.07, 6.45) is 3.93. The maximum absolute atomic E-state index is 5.91. The van der Waals surface area contributed by atoms with Crippen molar-refractivity contribution in [3.05, 3.63) is 18.0 Å². The average Bonchev–Trinajstić information content (AvgIpc) is 2.75. The number of hydrogen-bond donors (Lipinski definition) is 1. The van der Waals surface area contributed by atoms with Gasteiger partial charge < -0.3 is 10.6 Å². The van der Waals surface area contributed by atoms with E-state index >= 15 is 0 Å². The van der Waals surface area contributed by atoms with Crippen molar-refractivity contribution < 1.29 is 0 Å². The fraction of sp³-hybridized carbons (Fsp3) is 0.636. The van der Waals surface area contributed by atoms with Crippen LogP contribution in [0.1, 0.15) is 25.5 Å². The predicted octanol–water partition coefficient (Wildman–Crippen LogP) is 0.747. The number of guanidine groups is 1. The Labute approximate surface area is 95.9 Å². The fourth-order valence-corrected chi connectivity index (χ4v) is 2.04. The zero-order valence-electron chi connectivity index (χ0n) is 10.1. The van der Waals surface area contributed by atoms with Gasteiger partial charge in [-0.2, -0.15) is 5.10 Å². The largest absolute Gasteiger partial charge is 0.370 e. The lowest BCUT2D eigenvalue weighted by atomic mass is 10.1. The summed E-state index contributed by atoms with van der Waals surface area (Å²) in [4.78, 5) is 6.49. The molecule has 1 aromatic heterocycles. The monoisotopic (exact) mass is 221 g/mol. The van der Waals surface area contributed by atoms with Crippen LogP contribution in [0.3, 0.4) is 0 Å². The highest BCUT2D eigenvalue weighted by atomic mass is 15.3. The van der Waals surface area contributed by atoms with E-state index in [0.29, 0.717) is 11.9 Å². The molecule has 0 aromatic carbocycles. The summed E-state index contributed by atoms with van der Waals surface area (Å²) in [6, 6.07) is 0.260. The Morgan fingerprint density at radius 2 is 2.31 bits per heavy atom. The third-order valence-electron chi connectivity index (χ3n) is 2.77. The number of aryl methyl sites for hydroxylation is 1. The zero-order valence-corrected chi connectivity index (χ0v) is 10.1. The molecule has 0 amide bonds. The molecule has 1 aliphatic rings. The van der Waals surface area contributed by atoms with Gasteiger partial charge in [0.25, 0.3) is 0 Å². The minimum absolute atomic E-state index is 0.260. The minimum Gasteiger partial charge on any atom is -0.370 e. The van der Waals surface area contributed by atoms with Crippen molar-refractivity contribution in [1.82, 2.24) is 14.7 Å². The number of rotatable bonds is 3. The van der Waals surface area contributed by atoms with Crippen molar-refractivity contribution in [2.45, 2.75) is 19.9 Å². The van der Waals surface area contributed by atoms with Crippen LogP contribution < -0.4 is 5.73 Å². The number of aromatic nitrogens is 2. The predicted molar refractivity (Wildman–Crippen MR) is 64.0 cm³/mol. The number of hydrogen-bond acceptors (Lipinski definition) is 4. The Kier molecular flexibility index (Phi) is 2.85. The molecule has 2 heterocycles. The van der Waals surface area contributed by atoms with Crippen molar-refractivity contribution in [2.24, 2.45) is 23.7 Å². The molecular weight excluding hydrogens is 202 g/mol. The van der Waals surface area contributed by atoms with E-state index in [-0.39, 0.29) is 6.04 Å². The Morgan fingerprint density at radius 1 is 1.56 bits per heavy atom. The lowest BCUT2D eigenvalue weighted by Crippen LogP contribution is -2.38. The van der Waals surface area contributed by atoms with Crippen LogP contribution in [0.15, 0.2) is 17.4 Å². The molecule has 88 valence electrons. The van der Waals surface area contributed by atoms with Gasteiger partial charge >= 0.3 is 0 Å². The van der Waals surface area contributed by atoms with Crippen molar-refractivity contribution in [3.8, 4) is 0 Å². The van der Waals surface area contributed by atoms with E-state index < -0.39 is 0 Å². The SMILES string of the molecule is CC(C)CN1C(N)=NCC1c1cnn(C)c1. The third kappa shape index (κ3) is 2.03. The quantitative estimate of drug-likeness (QED) is 0.819. The van der Waals surface area contributed by atoms with Gasteiger partial charge in [-0.15, -0.1) is 0 Å². The second kappa shape index (κ2) is 4.15. The molecule has 1 unspecified atom stereocenters. The van der Waals surface area contributed by atoms with Gasteiger partial charge in [0, 0.05) is 25.4 Å². The summed E-state index contributed by atoms with van der Waals surface area (Å²) in [5.74, 6) is 1.23. The van der Waals surface area contributed by atoms with Gasteiger partial charge in [0.2, 0.25) is 0 Å². The van der Waals surface area contributed by atoms with E-state index in [1.54, 1.807) is 0 Å². The first-order chi connectivity index (χ1) is 7.58. The number of nitrogens with zero attached hydrogens (tertiary/aromatic N) is 4. The molecule has 1 aliphatic heterocycles. The first-order valence-electron chi connectivity index (χ1n) is 5.63. The summed E-state index contributed by atoms with van der Waals surface area (Å²) in [5, 5.41) is 4.20. The fourth-order valence-electron chi connectivity index (χ4n) is 2.04. The van der Waals surface area contributed by atoms with Gasteiger partial charge in [-0.1, -0.05) is 13.8 Å². The lowest BCUT2D eigenvalue weighted by Gasteiger charge is -2.27. The van der Waals surface area contributed by atoms with E-state index in [0.717, 1.165) is 13.1 Å². The highest BCUT2D eigenvalue weighted by Crippen LogP contribution is 2.25. The first-order valence-corrected chi connectivity index (χ1v) is 5.63. The summed E-state index contributed by atoms with van der Waals surface area (Å²) >= 11 is 0. The maximum atomic E-state index is 5.91. The van der Waals surface area contributed by atoms with E-state index in [4.69, 9.17) is 5.73 Å². The Hall–Kier alpha value is -1.52. The van der Waals surface area contributed by atoms with Crippen LogP contribution in [0.2, 0.25) is 0 Å². The molecule has 0 fully saturated rings. The molecule has 0 saturated carbocycles. The molecule has 1 atom stereocenters. The Balaban J connectivity index is 2.16. The first kappa shape index (κ1) is 11.0. The van der Waals surface area contributed by atoms with Crippen LogP contribution in [0.4, 0.5) is 0 Å². The van der Waals surface area contributed by atoms with Gasteiger partial charge in [-0.05, 0) is 5.92 Å². The van der Waals surface area contributed by atoms with Gasteiger partial charge in [0.05, 0.1) is 18.8 Å². The summed E-state index contributed by atoms with van der Waals surface area (Å²) < 4.78 is 1.82. The molecular formula is C11H19N5. The van der Waals surface area contributed by atoms with Crippen molar-refractivity contribution in [3.63, 3.8) is 0 Å². The standard InChI is InChI=1S/C11H19N5/c1-8(2)6-16-10(5-13-11(16)12)9-4-14-15(3)7-9/h4,7-8,10H,5-6H2,1-3H3,(H2,12,13). The van der Waals surface area contributed by atoms with E-state index in [1.165, 1.54) is 5.56 Å². The lowest BCUT2D eigenvalue weighted by molar-refractivity contribution is 0.309. The van der Waals surface area contributed by atoms with Crippen LogP contribution in [-0.2, 0) is 7.05 Å². The smallest absolute Gasteiger partial charge is 0.191 e. The molecule has 1 aromatic rings. The van der Waals surface area contributed by atoms with Crippen LogP contribution in [0, 0.1) is 5.92 Å². The second-order valence-corrected chi connectivity index (χ2v) is 4.71. The molecule has 0 aliphatic carbocycles. The average molecular weight is 221 g/mol. The molecule has 16 heavy (non-hydrogen) atoms. The van der Waals surface area contributed by atoms with Crippen LogP contribution in [0.25, 0.3) is 0 Å². The molecule has 5 nitrogen and oxygen atoms in total. The molecule has 0 spiro atoms. The van der Waals surface area contributed by atoms with E-state index in [1.807, 2.05) is 24.1 Å². The Bertz CT molecular complexity index is 393. The third-order valence-corrected chi connectivity index (χ3v) is 2.77. The molecule has 0 bridgehead atoms. The van der Waals surface area contributed by atoms with Gasteiger partial charge in [-0.25, -0.2) is 0 Å². The second-order valence-electron chi connectivity index (χ2n) is 4.71. The molecule has 5 heteroatoms. The summed E-state index contributed by atoms with van der Waals surface area (Å²) in [7, 11) is 1.93. The highest BCUT2D eigenvalue weighted by molar-refractivity contribution is 5.80. The van der Waals surface area contributed by atoms with Crippen LogP contribution in [0.5, 0.6) is 0 Å². The van der Waals surface area contributed by atoms with Gasteiger partial charge in [0.15, 0.2) is 5.96 Å². The summed E-state index contributed by atoms with van der Waals surface area (Å²) in [6.45, 7) is 6.05. The molecule has 0 saturated heterocycles. The molecule has 2 N–H and O–H groups in total. The summed E-state index contributed by atoms with van der Waals surface area (Å²) in [5.41, 5.74) is 7.10. The van der Waals surface area contributed by atoms with Gasteiger partial charge in [-0.3, -0.25) is 9.67 Å². The highest BCUT2D eigenvalue weighted by Gasteiger charge is 2.28. The van der Waals surface area contributed by atoms with Crippen LogP contribution in [-0.4, -0.2) is 33.7 Å². The Morgan fingerprint density at radius 3 is 2.88 bits per heavy atom. The maximum Gasteiger partial charge on any atom is 0.191 e. The van der Waals surface area contributed by atoms with Crippen molar-refractivity contribution in [1.29, 1.82) is 0 Å². The zero-order chi connectivity index (χ0) is 11.7. The van der Waals surface area contributed by atoms with Gasteiger partial charge in [0.1, 0.15) is 0 Å². The molecule has 0 radical (unpaired) electrons. The van der Waals surface area contributed by atoms with Crippen LogP contribution >= 0.6 is 0 Å². The van der Waals surface area contributed by atoms with E-state index in [2.05, 4.69) is 28.8 Å². The topological polar surface area (TPSA) is 59.4 Å². The minimum atomic E-state index is 0.260. The van der Waals surface area contributed by atoms with Crippen molar-refractivity contribution in [2.75, 3.05) is 13.1 Å². The van der Waals surface area contributed by atoms with E-state index in [9.17, 15) is 0 Å². The van der Waals surface area contributed by atoms with Crippen molar-refractivity contribution >= 4 is 5.96 Å². The number of nitrogens with two attached hydrogens (primary N) is 1.